The predicted octanol–water partition coefficient (Wildman–Crippen LogP) is 2.56. The number of aryl methyl sites for hydroxylation is 1. The quantitative estimate of drug-likeness (QED) is 0.772. The van der Waals surface area contributed by atoms with Crippen LogP contribution in [0.5, 0.6) is 0 Å². The Balaban J connectivity index is 1.78. The van der Waals surface area contributed by atoms with Crippen molar-refractivity contribution < 1.29 is 14.3 Å². The number of H-pyrrole nitrogens is 1. The van der Waals surface area contributed by atoms with Gasteiger partial charge in [-0.1, -0.05) is 18.2 Å². The van der Waals surface area contributed by atoms with Crippen LogP contribution in [0.3, 0.4) is 0 Å². The topological polar surface area (TPSA) is 71.2 Å². The number of benzene rings is 1. The molecule has 0 fully saturated rings. The van der Waals surface area contributed by atoms with E-state index in [0.29, 0.717) is 19.4 Å². The molecule has 2 rings (SSSR count). The Hall–Kier alpha value is -2.30. The monoisotopic (exact) mass is 302 g/mol. The fourth-order valence-corrected chi connectivity index (χ4v) is 2.39. The molecular weight excluding hydrogens is 280 g/mol. The average Bonchev–Trinajstić information content (AvgIpc) is 2.91. The third-order valence-corrected chi connectivity index (χ3v) is 3.53. The normalized spacial score (nSPS) is 12.1. The number of para-hydroxylation sites is 1. The molecule has 1 aromatic heterocycles. The highest BCUT2D eigenvalue weighted by Crippen LogP contribution is 2.19. The van der Waals surface area contributed by atoms with Crippen molar-refractivity contribution in [3.63, 3.8) is 0 Å². The molecule has 0 aliphatic heterocycles. The van der Waals surface area contributed by atoms with Crippen molar-refractivity contribution in [1.29, 1.82) is 0 Å². The van der Waals surface area contributed by atoms with E-state index in [1.807, 2.05) is 31.3 Å². The van der Waals surface area contributed by atoms with Crippen LogP contribution in [0.1, 0.15) is 32.3 Å². The lowest BCUT2D eigenvalue weighted by molar-refractivity contribution is -0.154. The number of aromatic nitrogens is 1. The van der Waals surface area contributed by atoms with E-state index in [4.69, 9.17) is 4.74 Å². The number of fused-ring (bicyclic) bond motifs is 1. The third-order valence-electron chi connectivity index (χ3n) is 3.53. The summed E-state index contributed by atoms with van der Waals surface area (Å²) in [6.45, 7) is 3.94. The van der Waals surface area contributed by atoms with E-state index in [9.17, 15) is 9.59 Å². The Morgan fingerprint density at radius 2 is 2.09 bits per heavy atom. The first kappa shape index (κ1) is 16.1. The summed E-state index contributed by atoms with van der Waals surface area (Å²) in [7, 11) is 0. The summed E-state index contributed by atoms with van der Waals surface area (Å²) < 4.78 is 5.11. The summed E-state index contributed by atoms with van der Waals surface area (Å²) in [5, 5.41) is 3.82. The highest BCUT2D eigenvalue weighted by Gasteiger charge is 2.16. The summed E-state index contributed by atoms with van der Waals surface area (Å²) in [6.07, 6.45) is 3.05. The lowest BCUT2D eigenvalue weighted by atomic mass is 10.1. The Bertz CT molecular complexity index is 648. The van der Waals surface area contributed by atoms with Gasteiger partial charge in [0.05, 0.1) is 0 Å². The second-order valence-electron chi connectivity index (χ2n) is 5.24. The fourth-order valence-electron chi connectivity index (χ4n) is 2.39. The number of hydrogen-bond acceptors (Lipinski definition) is 3. The van der Waals surface area contributed by atoms with Crippen molar-refractivity contribution in [2.75, 3.05) is 6.54 Å². The molecule has 1 aromatic carbocycles. The standard InChI is InChI=1S/C17H22N2O3/c1-3-18-17(21)12(2)22-16(20)10-6-7-13-11-19-15-9-5-4-8-14(13)15/h4-5,8-9,11-12,19H,3,6-7,10H2,1-2H3,(H,18,21)/t12-/m0/s1. The van der Waals surface area contributed by atoms with Crippen LogP contribution in [0.15, 0.2) is 30.5 Å². The number of nitrogens with one attached hydrogen (secondary N) is 2. The second-order valence-corrected chi connectivity index (χ2v) is 5.24. The first-order valence-electron chi connectivity index (χ1n) is 7.64. The maximum atomic E-state index is 11.7. The molecule has 0 saturated carbocycles. The first-order valence-corrected chi connectivity index (χ1v) is 7.64. The average molecular weight is 302 g/mol. The summed E-state index contributed by atoms with van der Waals surface area (Å²) >= 11 is 0. The molecule has 118 valence electrons. The number of carbonyl (C=O) groups is 2. The summed E-state index contributed by atoms with van der Waals surface area (Å²) in [4.78, 5) is 26.5. The van der Waals surface area contributed by atoms with Gasteiger partial charge < -0.3 is 15.0 Å². The van der Waals surface area contributed by atoms with Crippen LogP contribution in [-0.2, 0) is 20.7 Å². The van der Waals surface area contributed by atoms with Crippen LogP contribution in [0.4, 0.5) is 0 Å². The molecule has 0 aliphatic carbocycles. The Kier molecular flexibility index (Phi) is 5.58. The van der Waals surface area contributed by atoms with Crippen molar-refractivity contribution >= 4 is 22.8 Å². The molecule has 5 heteroatoms. The minimum absolute atomic E-state index is 0.257. The number of hydrogen-bond donors (Lipinski definition) is 2. The molecule has 5 nitrogen and oxygen atoms in total. The Morgan fingerprint density at radius 3 is 2.86 bits per heavy atom. The second kappa shape index (κ2) is 7.64. The number of likely N-dealkylation sites (N-methyl/N-ethyl adjacent to an activating group) is 1. The summed E-state index contributed by atoms with van der Waals surface area (Å²) in [5.74, 6) is -0.592. The van der Waals surface area contributed by atoms with Gasteiger partial charge in [-0.3, -0.25) is 9.59 Å². The van der Waals surface area contributed by atoms with E-state index >= 15 is 0 Å². The lowest BCUT2D eigenvalue weighted by Gasteiger charge is -2.12. The van der Waals surface area contributed by atoms with Gasteiger partial charge in [-0.25, -0.2) is 0 Å². The van der Waals surface area contributed by atoms with Crippen molar-refractivity contribution in [2.24, 2.45) is 0 Å². The molecule has 0 aliphatic rings. The fraction of sp³-hybridized carbons (Fsp3) is 0.412. The number of esters is 1. The van der Waals surface area contributed by atoms with E-state index in [-0.39, 0.29) is 11.9 Å². The van der Waals surface area contributed by atoms with Crippen molar-refractivity contribution in [3.8, 4) is 0 Å². The van der Waals surface area contributed by atoms with E-state index in [0.717, 1.165) is 11.9 Å². The van der Waals surface area contributed by atoms with Crippen LogP contribution < -0.4 is 5.32 Å². The van der Waals surface area contributed by atoms with Crippen molar-refractivity contribution in [1.82, 2.24) is 10.3 Å². The summed E-state index contributed by atoms with van der Waals surface area (Å²) in [5.41, 5.74) is 2.30. The zero-order valence-corrected chi connectivity index (χ0v) is 13.0. The maximum Gasteiger partial charge on any atom is 0.306 e. The molecule has 2 N–H and O–H groups in total. The molecule has 1 atom stereocenters. The van der Waals surface area contributed by atoms with Gasteiger partial charge in [-0.15, -0.1) is 0 Å². The molecule has 0 spiro atoms. The van der Waals surface area contributed by atoms with E-state index in [2.05, 4.69) is 16.4 Å². The van der Waals surface area contributed by atoms with Gasteiger partial charge in [0.25, 0.3) is 5.91 Å². The highest BCUT2D eigenvalue weighted by molar-refractivity contribution is 5.84. The van der Waals surface area contributed by atoms with Gasteiger partial charge >= 0.3 is 5.97 Å². The first-order chi connectivity index (χ1) is 10.6. The van der Waals surface area contributed by atoms with Crippen LogP contribution in [0.2, 0.25) is 0 Å². The molecule has 2 aromatic rings. The zero-order chi connectivity index (χ0) is 15.9. The van der Waals surface area contributed by atoms with E-state index in [1.165, 1.54) is 10.9 Å². The SMILES string of the molecule is CCNC(=O)[C@H](C)OC(=O)CCCc1c[nH]c2ccccc12. The van der Waals surface area contributed by atoms with Crippen LogP contribution in [0.25, 0.3) is 10.9 Å². The van der Waals surface area contributed by atoms with Gasteiger partial charge in [0.15, 0.2) is 6.10 Å². The number of rotatable bonds is 7. The largest absolute Gasteiger partial charge is 0.453 e. The maximum absolute atomic E-state index is 11.7. The number of ether oxygens (including phenoxy) is 1. The highest BCUT2D eigenvalue weighted by atomic mass is 16.5. The molecule has 0 radical (unpaired) electrons. The van der Waals surface area contributed by atoms with Gasteiger partial charge in [-0.05, 0) is 38.3 Å². The number of carbonyl (C=O) groups excluding carboxylic acids is 2. The van der Waals surface area contributed by atoms with E-state index in [1.54, 1.807) is 6.92 Å². The van der Waals surface area contributed by atoms with Gasteiger partial charge in [0.1, 0.15) is 0 Å². The van der Waals surface area contributed by atoms with Crippen LogP contribution >= 0.6 is 0 Å². The molecule has 0 unspecified atom stereocenters. The van der Waals surface area contributed by atoms with Crippen molar-refractivity contribution in [3.05, 3.63) is 36.0 Å². The number of amides is 1. The van der Waals surface area contributed by atoms with Gasteiger partial charge in [0.2, 0.25) is 0 Å². The molecule has 22 heavy (non-hydrogen) atoms. The molecule has 1 amide bonds. The summed E-state index contributed by atoms with van der Waals surface area (Å²) in [6, 6.07) is 8.09. The molecule has 0 saturated heterocycles. The van der Waals surface area contributed by atoms with Gasteiger partial charge in [0, 0.05) is 30.1 Å². The lowest BCUT2D eigenvalue weighted by Crippen LogP contribution is -2.35. The smallest absolute Gasteiger partial charge is 0.306 e. The molecule has 1 heterocycles. The van der Waals surface area contributed by atoms with Crippen LogP contribution in [-0.4, -0.2) is 29.5 Å². The Labute approximate surface area is 130 Å². The number of aromatic amines is 1. The molecule has 0 bridgehead atoms. The van der Waals surface area contributed by atoms with Gasteiger partial charge in [-0.2, -0.15) is 0 Å². The minimum atomic E-state index is -0.736. The zero-order valence-electron chi connectivity index (χ0n) is 13.0. The minimum Gasteiger partial charge on any atom is -0.453 e. The van der Waals surface area contributed by atoms with Crippen LogP contribution in [0, 0.1) is 0 Å². The predicted molar refractivity (Wildman–Crippen MR) is 85.5 cm³/mol. The Morgan fingerprint density at radius 1 is 1.32 bits per heavy atom. The third kappa shape index (κ3) is 4.10. The van der Waals surface area contributed by atoms with Crippen molar-refractivity contribution in [2.45, 2.75) is 39.2 Å². The van der Waals surface area contributed by atoms with E-state index < -0.39 is 6.10 Å². The molecular formula is C17H22N2O3.